The molecule has 1 aromatic rings. The molecule has 0 bridgehead atoms. The molecular formula is C11H17ClFN. The second-order valence-electron chi connectivity index (χ2n) is 3.18. The van der Waals surface area contributed by atoms with E-state index < -0.39 is 0 Å². The zero-order valence-corrected chi connectivity index (χ0v) is 9.19. The molecule has 0 spiro atoms. The van der Waals surface area contributed by atoms with Crippen LogP contribution in [0.2, 0.25) is 0 Å². The molecular weight excluding hydrogens is 201 g/mol. The first-order valence-corrected chi connectivity index (χ1v) is 4.68. The number of benzene rings is 1. The molecule has 80 valence electrons. The van der Waals surface area contributed by atoms with Crippen LogP contribution in [0.3, 0.4) is 0 Å². The SMILES string of the molecule is CCc1ccc([C@@H](N)CCF)cc1.Cl. The summed E-state index contributed by atoms with van der Waals surface area (Å²) in [6.45, 7) is 1.76. The average Bonchev–Trinajstić information content (AvgIpc) is 2.18. The summed E-state index contributed by atoms with van der Waals surface area (Å²) in [6.07, 6.45) is 1.43. The molecule has 0 saturated carbocycles. The summed E-state index contributed by atoms with van der Waals surface area (Å²) in [7, 11) is 0. The van der Waals surface area contributed by atoms with Gasteiger partial charge in [0, 0.05) is 6.04 Å². The van der Waals surface area contributed by atoms with E-state index in [1.165, 1.54) is 5.56 Å². The summed E-state index contributed by atoms with van der Waals surface area (Å²) in [4.78, 5) is 0. The van der Waals surface area contributed by atoms with Gasteiger partial charge in [0.25, 0.3) is 0 Å². The molecule has 0 heterocycles. The fourth-order valence-electron chi connectivity index (χ4n) is 1.28. The van der Waals surface area contributed by atoms with E-state index in [9.17, 15) is 4.39 Å². The zero-order valence-electron chi connectivity index (χ0n) is 8.37. The van der Waals surface area contributed by atoms with Crippen LogP contribution in [-0.2, 0) is 6.42 Å². The lowest BCUT2D eigenvalue weighted by atomic mass is 10.0. The van der Waals surface area contributed by atoms with Crippen LogP contribution in [0.15, 0.2) is 24.3 Å². The molecule has 0 aliphatic heterocycles. The highest BCUT2D eigenvalue weighted by molar-refractivity contribution is 5.85. The van der Waals surface area contributed by atoms with Crippen molar-refractivity contribution in [2.45, 2.75) is 25.8 Å². The number of rotatable bonds is 4. The summed E-state index contributed by atoms with van der Waals surface area (Å²) in [5.74, 6) is 0. The van der Waals surface area contributed by atoms with Gasteiger partial charge >= 0.3 is 0 Å². The number of hydrogen-bond acceptors (Lipinski definition) is 1. The lowest BCUT2D eigenvalue weighted by Gasteiger charge is -2.09. The Morgan fingerprint density at radius 2 is 1.86 bits per heavy atom. The standard InChI is InChI=1S/C11H16FN.ClH/c1-2-9-3-5-10(6-4-9)11(13)7-8-12;/h3-6,11H,2,7-8,13H2,1H3;1H/t11-;/m0./s1. The van der Waals surface area contributed by atoms with Crippen LogP contribution in [0.1, 0.15) is 30.5 Å². The van der Waals surface area contributed by atoms with Gasteiger partial charge in [-0.25, -0.2) is 0 Å². The quantitative estimate of drug-likeness (QED) is 0.825. The predicted molar refractivity (Wildman–Crippen MR) is 60.6 cm³/mol. The van der Waals surface area contributed by atoms with Crippen molar-refractivity contribution in [3.8, 4) is 0 Å². The smallest absolute Gasteiger partial charge is 0.0912 e. The Labute approximate surface area is 90.9 Å². The maximum Gasteiger partial charge on any atom is 0.0912 e. The van der Waals surface area contributed by atoms with Crippen molar-refractivity contribution in [3.05, 3.63) is 35.4 Å². The van der Waals surface area contributed by atoms with E-state index in [-0.39, 0.29) is 25.1 Å². The third-order valence-corrected chi connectivity index (χ3v) is 2.24. The first kappa shape index (κ1) is 13.4. The molecule has 14 heavy (non-hydrogen) atoms. The average molecular weight is 218 g/mol. The Morgan fingerprint density at radius 3 is 2.29 bits per heavy atom. The zero-order chi connectivity index (χ0) is 9.68. The molecule has 3 heteroatoms. The highest BCUT2D eigenvalue weighted by Crippen LogP contribution is 2.14. The van der Waals surface area contributed by atoms with Crippen LogP contribution in [0.4, 0.5) is 4.39 Å². The van der Waals surface area contributed by atoms with Gasteiger partial charge in [0.2, 0.25) is 0 Å². The highest BCUT2D eigenvalue weighted by atomic mass is 35.5. The van der Waals surface area contributed by atoms with E-state index in [0.717, 1.165) is 12.0 Å². The third kappa shape index (κ3) is 3.64. The molecule has 0 saturated heterocycles. The maximum absolute atomic E-state index is 12.0. The van der Waals surface area contributed by atoms with Crippen molar-refractivity contribution in [1.82, 2.24) is 0 Å². The molecule has 0 radical (unpaired) electrons. The number of hydrogen-bond donors (Lipinski definition) is 1. The van der Waals surface area contributed by atoms with Gasteiger partial charge in [-0.3, -0.25) is 4.39 Å². The van der Waals surface area contributed by atoms with Crippen LogP contribution in [0, 0.1) is 0 Å². The Kier molecular flexibility index (Phi) is 6.50. The van der Waals surface area contributed by atoms with Gasteiger partial charge in [0.15, 0.2) is 0 Å². The predicted octanol–water partition coefficient (Wildman–Crippen LogP) is 3.03. The monoisotopic (exact) mass is 217 g/mol. The Balaban J connectivity index is 0.00000169. The number of alkyl halides is 1. The molecule has 0 amide bonds. The summed E-state index contributed by atoms with van der Waals surface area (Å²) >= 11 is 0. The Hall–Kier alpha value is -0.600. The van der Waals surface area contributed by atoms with E-state index in [1.54, 1.807) is 0 Å². The van der Waals surface area contributed by atoms with Crippen LogP contribution in [0.5, 0.6) is 0 Å². The topological polar surface area (TPSA) is 26.0 Å². The van der Waals surface area contributed by atoms with E-state index in [2.05, 4.69) is 6.92 Å². The summed E-state index contributed by atoms with van der Waals surface area (Å²) in [5.41, 5.74) is 8.07. The third-order valence-electron chi connectivity index (χ3n) is 2.24. The molecule has 0 aromatic heterocycles. The van der Waals surface area contributed by atoms with Crippen molar-refractivity contribution in [3.63, 3.8) is 0 Å². The van der Waals surface area contributed by atoms with Crippen molar-refractivity contribution >= 4 is 12.4 Å². The number of halogens is 2. The molecule has 0 aliphatic rings. The van der Waals surface area contributed by atoms with Crippen molar-refractivity contribution < 1.29 is 4.39 Å². The summed E-state index contributed by atoms with van der Waals surface area (Å²) < 4.78 is 12.0. The number of aryl methyl sites for hydroxylation is 1. The van der Waals surface area contributed by atoms with Gasteiger partial charge in [0.05, 0.1) is 6.67 Å². The minimum Gasteiger partial charge on any atom is -0.324 e. The summed E-state index contributed by atoms with van der Waals surface area (Å²) in [5, 5.41) is 0. The van der Waals surface area contributed by atoms with Gasteiger partial charge in [-0.15, -0.1) is 12.4 Å². The van der Waals surface area contributed by atoms with Gasteiger partial charge in [0.1, 0.15) is 0 Å². The Bertz CT molecular complexity index is 248. The first-order valence-electron chi connectivity index (χ1n) is 4.68. The largest absolute Gasteiger partial charge is 0.324 e. The molecule has 1 aromatic carbocycles. The molecule has 1 nitrogen and oxygen atoms in total. The highest BCUT2D eigenvalue weighted by Gasteiger charge is 2.04. The van der Waals surface area contributed by atoms with Crippen molar-refractivity contribution in [2.75, 3.05) is 6.67 Å². The van der Waals surface area contributed by atoms with E-state index in [4.69, 9.17) is 5.73 Å². The van der Waals surface area contributed by atoms with E-state index in [1.807, 2.05) is 24.3 Å². The van der Waals surface area contributed by atoms with Gasteiger partial charge in [-0.2, -0.15) is 0 Å². The molecule has 2 N–H and O–H groups in total. The van der Waals surface area contributed by atoms with Crippen molar-refractivity contribution in [1.29, 1.82) is 0 Å². The molecule has 0 unspecified atom stereocenters. The van der Waals surface area contributed by atoms with Gasteiger partial charge in [-0.05, 0) is 24.0 Å². The minimum absolute atomic E-state index is 0. The second kappa shape index (κ2) is 6.80. The van der Waals surface area contributed by atoms with Crippen LogP contribution < -0.4 is 5.73 Å². The second-order valence-corrected chi connectivity index (χ2v) is 3.18. The fourth-order valence-corrected chi connectivity index (χ4v) is 1.28. The minimum atomic E-state index is -0.351. The maximum atomic E-state index is 12.0. The fraction of sp³-hybridized carbons (Fsp3) is 0.455. The first-order chi connectivity index (χ1) is 6.27. The Morgan fingerprint density at radius 1 is 1.29 bits per heavy atom. The van der Waals surface area contributed by atoms with Gasteiger partial charge in [-0.1, -0.05) is 31.2 Å². The normalized spacial score (nSPS) is 11.9. The van der Waals surface area contributed by atoms with Crippen LogP contribution >= 0.6 is 12.4 Å². The van der Waals surface area contributed by atoms with Crippen molar-refractivity contribution in [2.24, 2.45) is 5.73 Å². The molecule has 0 fully saturated rings. The molecule has 1 rings (SSSR count). The van der Waals surface area contributed by atoms with Gasteiger partial charge < -0.3 is 5.73 Å². The van der Waals surface area contributed by atoms with Crippen LogP contribution in [0.25, 0.3) is 0 Å². The summed E-state index contributed by atoms with van der Waals surface area (Å²) in [6, 6.07) is 7.91. The van der Waals surface area contributed by atoms with Crippen LogP contribution in [-0.4, -0.2) is 6.67 Å². The lowest BCUT2D eigenvalue weighted by Crippen LogP contribution is -2.10. The molecule has 1 atom stereocenters. The lowest BCUT2D eigenvalue weighted by molar-refractivity contribution is 0.442. The molecule has 0 aliphatic carbocycles. The van der Waals surface area contributed by atoms with E-state index in [0.29, 0.717) is 6.42 Å². The number of nitrogens with two attached hydrogens (primary N) is 1. The van der Waals surface area contributed by atoms with E-state index >= 15 is 0 Å².